The van der Waals surface area contributed by atoms with Crippen LogP contribution in [0, 0.1) is 0 Å². The normalized spacial score (nSPS) is 12.2. The van der Waals surface area contributed by atoms with Crippen LogP contribution in [0.5, 0.6) is 5.75 Å². The summed E-state index contributed by atoms with van der Waals surface area (Å²) in [6.07, 6.45) is 1.87. The molecule has 0 bridgehead atoms. The van der Waals surface area contributed by atoms with Gasteiger partial charge in [0.15, 0.2) is 0 Å². The molecule has 6 aromatic rings. The Morgan fingerprint density at radius 3 is 1.88 bits per heavy atom. The number of pyridine rings is 1. The quantitative estimate of drug-likeness (QED) is 0.229. The highest BCUT2D eigenvalue weighted by atomic mass is 16.5. The van der Waals surface area contributed by atoms with Crippen molar-refractivity contribution in [1.82, 2.24) is 9.55 Å². The fourth-order valence-corrected chi connectivity index (χ4v) is 5.38. The van der Waals surface area contributed by atoms with Crippen LogP contribution in [0.2, 0.25) is 0 Å². The second-order valence-corrected chi connectivity index (χ2v) is 12.5. The lowest BCUT2D eigenvalue weighted by molar-refractivity contribution is 0.132. The van der Waals surface area contributed by atoms with Crippen LogP contribution in [0.1, 0.15) is 47.1 Å². The Labute approximate surface area is 237 Å². The van der Waals surface area contributed by atoms with Gasteiger partial charge in [-0.2, -0.15) is 0 Å². The van der Waals surface area contributed by atoms with E-state index in [9.17, 15) is 0 Å². The van der Waals surface area contributed by atoms with Crippen LogP contribution in [-0.2, 0) is 5.41 Å². The van der Waals surface area contributed by atoms with Crippen molar-refractivity contribution in [2.24, 2.45) is 0 Å². The zero-order valence-corrected chi connectivity index (χ0v) is 24.2. The van der Waals surface area contributed by atoms with Crippen LogP contribution in [0.15, 0.2) is 109 Å². The van der Waals surface area contributed by atoms with Gasteiger partial charge < -0.3 is 9.30 Å². The molecule has 4 aromatic carbocycles. The van der Waals surface area contributed by atoms with Crippen molar-refractivity contribution in [3.63, 3.8) is 0 Å². The first kappa shape index (κ1) is 25.9. The van der Waals surface area contributed by atoms with Gasteiger partial charge in [-0.3, -0.25) is 4.98 Å². The highest BCUT2D eigenvalue weighted by Crippen LogP contribution is 2.44. The largest absolute Gasteiger partial charge is 0.487 e. The molecule has 0 radical (unpaired) electrons. The number of ether oxygens (including phenoxy) is 1. The van der Waals surface area contributed by atoms with Gasteiger partial charge in [-0.1, -0.05) is 81.4 Å². The first-order valence-corrected chi connectivity index (χ1v) is 14.0. The van der Waals surface area contributed by atoms with E-state index in [2.05, 4.69) is 143 Å². The van der Waals surface area contributed by atoms with Crippen LogP contribution in [0.4, 0.5) is 0 Å². The van der Waals surface area contributed by atoms with E-state index < -0.39 is 0 Å². The molecule has 200 valence electrons. The molecule has 2 aromatic heterocycles. The minimum Gasteiger partial charge on any atom is -0.487 e. The number of aromatic nitrogens is 2. The average molecular weight is 525 g/mol. The molecule has 2 heterocycles. The Kier molecular flexibility index (Phi) is 6.26. The molecule has 40 heavy (non-hydrogen) atoms. The topological polar surface area (TPSA) is 27.1 Å². The maximum Gasteiger partial charge on any atom is 0.135 e. The van der Waals surface area contributed by atoms with Gasteiger partial charge in [0.2, 0.25) is 0 Å². The van der Waals surface area contributed by atoms with Crippen molar-refractivity contribution >= 4 is 21.9 Å². The van der Waals surface area contributed by atoms with Crippen LogP contribution in [0.3, 0.4) is 0 Å². The van der Waals surface area contributed by atoms with E-state index in [1.165, 1.54) is 5.56 Å². The maximum absolute atomic E-state index is 6.74. The van der Waals surface area contributed by atoms with Crippen LogP contribution < -0.4 is 4.74 Å². The van der Waals surface area contributed by atoms with E-state index in [0.717, 1.165) is 55.6 Å². The van der Waals surface area contributed by atoms with E-state index in [4.69, 9.17) is 9.72 Å². The fraction of sp³-hybridized carbons (Fsp3) is 0.216. The highest BCUT2D eigenvalue weighted by Gasteiger charge is 2.24. The summed E-state index contributed by atoms with van der Waals surface area (Å²) in [5, 5.41) is 1.16. The van der Waals surface area contributed by atoms with Gasteiger partial charge in [0.25, 0.3) is 0 Å². The summed E-state index contributed by atoms with van der Waals surface area (Å²) in [7, 11) is 0. The molecule has 0 amide bonds. The summed E-state index contributed by atoms with van der Waals surface area (Å²) in [4.78, 5) is 4.70. The van der Waals surface area contributed by atoms with Gasteiger partial charge in [-0.15, -0.1) is 0 Å². The molecular formula is C37H36N2O. The van der Waals surface area contributed by atoms with Gasteiger partial charge in [-0.25, -0.2) is 0 Å². The average Bonchev–Trinajstić information content (AvgIpc) is 3.27. The number of hydrogen-bond acceptors (Lipinski definition) is 2. The number of hydrogen-bond donors (Lipinski definition) is 0. The number of para-hydroxylation sites is 1. The molecule has 6 rings (SSSR count). The van der Waals surface area contributed by atoms with Crippen molar-refractivity contribution in [2.75, 3.05) is 0 Å². The SMILES string of the molecule is CC(C)(C)Oc1c(-c2ccccc2)cc(C(C)(C)C)cc1-c1ccc(-n2c3ccccc3c3ncccc32)cc1. The van der Waals surface area contributed by atoms with Crippen molar-refractivity contribution in [1.29, 1.82) is 0 Å². The number of nitrogens with zero attached hydrogens (tertiary/aromatic N) is 2. The third-order valence-corrected chi connectivity index (χ3v) is 7.31. The number of benzene rings is 4. The van der Waals surface area contributed by atoms with Crippen molar-refractivity contribution < 1.29 is 4.74 Å². The molecule has 0 aliphatic rings. The Morgan fingerprint density at radius 2 is 1.23 bits per heavy atom. The lowest BCUT2D eigenvalue weighted by Crippen LogP contribution is -2.24. The third-order valence-electron chi connectivity index (χ3n) is 7.31. The summed E-state index contributed by atoms with van der Waals surface area (Å²) in [5.41, 5.74) is 9.81. The van der Waals surface area contributed by atoms with E-state index in [1.807, 2.05) is 12.3 Å². The zero-order valence-electron chi connectivity index (χ0n) is 24.2. The second kappa shape index (κ2) is 9.67. The Hall–Kier alpha value is -4.37. The van der Waals surface area contributed by atoms with E-state index in [-0.39, 0.29) is 11.0 Å². The second-order valence-electron chi connectivity index (χ2n) is 12.5. The van der Waals surface area contributed by atoms with E-state index in [0.29, 0.717) is 0 Å². The van der Waals surface area contributed by atoms with Crippen molar-refractivity contribution in [2.45, 2.75) is 52.6 Å². The first-order chi connectivity index (χ1) is 19.1. The predicted octanol–water partition coefficient (Wildman–Crippen LogP) is 9.99. The van der Waals surface area contributed by atoms with Gasteiger partial charge in [0.05, 0.1) is 16.6 Å². The summed E-state index contributed by atoms with van der Waals surface area (Å²) in [6.45, 7) is 13.1. The van der Waals surface area contributed by atoms with Crippen molar-refractivity contribution in [3.05, 3.63) is 115 Å². The minimum atomic E-state index is -0.350. The molecule has 3 heteroatoms. The maximum atomic E-state index is 6.74. The highest BCUT2D eigenvalue weighted by molar-refractivity contribution is 6.06. The summed E-state index contributed by atoms with van der Waals surface area (Å²) >= 11 is 0. The molecule has 3 nitrogen and oxygen atoms in total. The Balaban J connectivity index is 1.56. The van der Waals surface area contributed by atoms with Crippen molar-refractivity contribution in [3.8, 4) is 33.7 Å². The third kappa shape index (κ3) is 4.77. The standard InChI is InChI=1S/C37H36N2O/c1-36(2,3)27-23-30(25-13-8-7-9-14-25)35(40-37(4,5)6)31(24-27)26-18-20-28(21-19-26)39-32-16-11-10-15-29(32)34-33(39)17-12-22-38-34/h7-24H,1-6H3. The Morgan fingerprint density at radius 1 is 0.625 bits per heavy atom. The summed E-state index contributed by atoms with van der Waals surface area (Å²) < 4.78 is 9.05. The smallest absolute Gasteiger partial charge is 0.135 e. The molecule has 0 atom stereocenters. The first-order valence-electron chi connectivity index (χ1n) is 14.0. The van der Waals surface area contributed by atoms with Gasteiger partial charge in [0, 0.05) is 28.4 Å². The molecule has 0 saturated carbocycles. The Bertz CT molecular complexity index is 1760. The fourth-order valence-electron chi connectivity index (χ4n) is 5.38. The summed E-state index contributed by atoms with van der Waals surface area (Å²) in [6, 6.07) is 36.7. The monoisotopic (exact) mass is 524 g/mol. The zero-order chi connectivity index (χ0) is 28.1. The molecule has 0 spiro atoms. The van der Waals surface area contributed by atoms with Gasteiger partial charge in [-0.05, 0) is 85.3 Å². The summed E-state index contributed by atoms with van der Waals surface area (Å²) in [5.74, 6) is 0.917. The molecule has 0 aliphatic carbocycles. The van der Waals surface area contributed by atoms with Gasteiger partial charge >= 0.3 is 0 Å². The lowest BCUT2D eigenvalue weighted by atomic mass is 9.82. The molecule has 0 unspecified atom stereocenters. The molecule has 0 N–H and O–H groups in total. The van der Waals surface area contributed by atoms with Crippen LogP contribution >= 0.6 is 0 Å². The van der Waals surface area contributed by atoms with Crippen LogP contribution in [-0.4, -0.2) is 15.2 Å². The lowest BCUT2D eigenvalue weighted by Gasteiger charge is -2.29. The number of rotatable bonds is 4. The van der Waals surface area contributed by atoms with E-state index >= 15 is 0 Å². The van der Waals surface area contributed by atoms with E-state index in [1.54, 1.807) is 0 Å². The molecule has 0 fully saturated rings. The predicted molar refractivity (Wildman–Crippen MR) is 169 cm³/mol. The van der Waals surface area contributed by atoms with Crippen LogP contribution in [0.25, 0.3) is 49.9 Å². The molecule has 0 saturated heterocycles. The van der Waals surface area contributed by atoms with Gasteiger partial charge in [0.1, 0.15) is 11.4 Å². The molecule has 0 aliphatic heterocycles. The minimum absolute atomic E-state index is 0.0194. The number of fused-ring (bicyclic) bond motifs is 3. The molecular weight excluding hydrogens is 488 g/mol.